The number of ether oxygens (including phenoxy) is 2. The number of hydrogen-bond donors (Lipinski definition) is 1. The monoisotopic (exact) mass is 439 g/mol. The van der Waals surface area contributed by atoms with Crippen LogP contribution in [0.15, 0.2) is 28.8 Å². The fourth-order valence-corrected chi connectivity index (χ4v) is 4.18. The van der Waals surface area contributed by atoms with Crippen LogP contribution < -0.4 is 10.1 Å². The van der Waals surface area contributed by atoms with Gasteiger partial charge in [0.05, 0.1) is 19.4 Å². The lowest BCUT2D eigenvalue weighted by atomic mass is 10.1. The molecule has 0 atom stereocenters. The number of anilines is 1. The summed E-state index contributed by atoms with van der Waals surface area (Å²) >= 11 is 0. The smallest absolute Gasteiger partial charge is 0.321 e. The van der Waals surface area contributed by atoms with Crippen molar-refractivity contribution in [2.24, 2.45) is 0 Å². The molecule has 0 spiro atoms. The third-order valence-electron chi connectivity index (χ3n) is 4.66. The summed E-state index contributed by atoms with van der Waals surface area (Å²) in [6.07, 6.45) is 1.45. The molecule has 2 aromatic rings. The van der Waals surface area contributed by atoms with Crippen molar-refractivity contribution in [3.8, 4) is 5.75 Å². The number of urea groups is 1. The quantitative estimate of drug-likeness (QED) is 0.612. The van der Waals surface area contributed by atoms with E-state index in [-0.39, 0.29) is 25.2 Å². The van der Waals surface area contributed by atoms with Gasteiger partial charge in [0.1, 0.15) is 12.4 Å². The summed E-state index contributed by atoms with van der Waals surface area (Å²) < 4.78 is 40.9. The van der Waals surface area contributed by atoms with E-state index in [0.717, 1.165) is 6.26 Å². The summed E-state index contributed by atoms with van der Waals surface area (Å²) in [5, 5.41) is 6.61. The van der Waals surface area contributed by atoms with Crippen molar-refractivity contribution in [1.29, 1.82) is 0 Å². The van der Waals surface area contributed by atoms with Gasteiger partial charge in [-0.1, -0.05) is 5.16 Å². The summed E-state index contributed by atoms with van der Waals surface area (Å²) in [6.45, 7) is 1.000. The van der Waals surface area contributed by atoms with Gasteiger partial charge in [-0.15, -0.1) is 0 Å². The first-order valence-electron chi connectivity index (χ1n) is 9.27. The highest BCUT2D eigenvalue weighted by atomic mass is 32.2. The molecule has 2 heterocycles. The highest BCUT2D eigenvalue weighted by Gasteiger charge is 2.38. The molecule has 3 rings (SSSR count). The van der Waals surface area contributed by atoms with Crippen molar-refractivity contribution < 1.29 is 27.2 Å². The van der Waals surface area contributed by atoms with E-state index in [4.69, 9.17) is 14.0 Å². The Kier molecular flexibility index (Phi) is 6.90. The number of aromatic nitrogens is 2. The Hall–Kier alpha value is -2.70. The van der Waals surface area contributed by atoms with Crippen molar-refractivity contribution in [3.63, 3.8) is 0 Å². The lowest BCUT2D eigenvalue weighted by molar-refractivity contribution is 0.109. The molecular formula is C18H25N5O6S. The van der Waals surface area contributed by atoms with Crippen molar-refractivity contribution in [1.82, 2.24) is 19.3 Å². The average molecular weight is 439 g/mol. The van der Waals surface area contributed by atoms with Crippen LogP contribution >= 0.6 is 0 Å². The average Bonchev–Trinajstić information content (AvgIpc) is 3.10. The van der Waals surface area contributed by atoms with Gasteiger partial charge in [0.15, 0.2) is 5.82 Å². The molecule has 12 heteroatoms. The molecule has 1 aromatic carbocycles. The van der Waals surface area contributed by atoms with Crippen LogP contribution in [0.3, 0.4) is 0 Å². The zero-order chi connectivity index (χ0) is 21.7. The molecule has 0 radical (unpaired) electrons. The summed E-state index contributed by atoms with van der Waals surface area (Å²) in [5.41, 5.74) is 0.633. The molecule has 1 aliphatic rings. The predicted molar refractivity (Wildman–Crippen MR) is 108 cm³/mol. The van der Waals surface area contributed by atoms with Gasteiger partial charge < -0.3 is 24.2 Å². The van der Waals surface area contributed by atoms with E-state index in [1.807, 2.05) is 0 Å². The SMILES string of the molecule is COCc1nc(CCN(C2CN(C(=O)Nc3ccc(OC)cc3)C2)S(C)(=O)=O)no1. The van der Waals surface area contributed by atoms with Crippen LogP contribution in [0.1, 0.15) is 11.7 Å². The van der Waals surface area contributed by atoms with Gasteiger partial charge in [0.2, 0.25) is 10.0 Å². The van der Waals surface area contributed by atoms with E-state index < -0.39 is 10.0 Å². The Bertz CT molecular complexity index is 956. The molecular weight excluding hydrogens is 414 g/mol. The normalized spacial score (nSPS) is 14.6. The molecule has 164 valence electrons. The van der Waals surface area contributed by atoms with Crippen molar-refractivity contribution in [3.05, 3.63) is 36.0 Å². The number of benzene rings is 1. The Labute approximate surface area is 175 Å². The van der Waals surface area contributed by atoms with Crippen LogP contribution in [0.2, 0.25) is 0 Å². The number of likely N-dealkylation sites (tertiary alicyclic amines) is 1. The molecule has 11 nitrogen and oxygen atoms in total. The minimum Gasteiger partial charge on any atom is -0.497 e. The number of nitrogens with zero attached hydrogens (tertiary/aromatic N) is 4. The number of amides is 2. The highest BCUT2D eigenvalue weighted by molar-refractivity contribution is 7.88. The number of rotatable bonds is 9. The van der Waals surface area contributed by atoms with Crippen LogP contribution in [-0.4, -0.2) is 79.9 Å². The van der Waals surface area contributed by atoms with E-state index in [1.165, 1.54) is 11.4 Å². The predicted octanol–water partition coefficient (Wildman–Crippen LogP) is 0.945. The summed E-state index contributed by atoms with van der Waals surface area (Å²) in [6, 6.07) is 6.38. The topological polar surface area (TPSA) is 127 Å². The zero-order valence-electron chi connectivity index (χ0n) is 17.1. The van der Waals surface area contributed by atoms with Gasteiger partial charge in [-0.05, 0) is 24.3 Å². The fourth-order valence-electron chi connectivity index (χ4n) is 3.08. The Morgan fingerprint density at radius 2 is 2.00 bits per heavy atom. The van der Waals surface area contributed by atoms with Gasteiger partial charge in [0, 0.05) is 38.9 Å². The minimum atomic E-state index is -3.46. The Balaban J connectivity index is 1.53. The fraction of sp³-hybridized carbons (Fsp3) is 0.500. The van der Waals surface area contributed by atoms with E-state index in [1.54, 1.807) is 36.3 Å². The van der Waals surface area contributed by atoms with E-state index in [2.05, 4.69) is 15.5 Å². The molecule has 1 aliphatic heterocycles. The second-order valence-corrected chi connectivity index (χ2v) is 8.81. The maximum Gasteiger partial charge on any atom is 0.321 e. The third kappa shape index (κ3) is 5.46. The molecule has 1 N–H and O–H groups in total. The number of methoxy groups -OCH3 is 2. The van der Waals surface area contributed by atoms with Gasteiger partial charge in [0.25, 0.3) is 5.89 Å². The van der Waals surface area contributed by atoms with Crippen LogP contribution in [-0.2, 0) is 27.8 Å². The van der Waals surface area contributed by atoms with Crippen LogP contribution in [0.4, 0.5) is 10.5 Å². The lowest BCUT2D eigenvalue weighted by Gasteiger charge is -2.44. The summed E-state index contributed by atoms with van der Waals surface area (Å²) in [5.74, 6) is 1.43. The maximum atomic E-state index is 12.4. The summed E-state index contributed by atoms with van der Waals surface area (Å²) in [4.78, 5) is 18.1. The molecule has 0 saturated carbocycles. The van der Waals surface area contributed by atoms with Crippen LogP contribution in [0, 0.1) is 0 Å². The van der Waals surface area contributed by atoms with Crippen molar-refractivity contribution >= 4 is 21.7 Å². The standard InChI is InChI=1S/C18H25N5O6S/c1-27-12-17-20-16(21-29-17)8-9-23(30(3,25)26)14-10-22(11-14)18(24)19-13-4-6-15(28-2)7-5-13/h4-7,14H,8-12H2,1-3H3,(H,19,24). The molecule has 1 fully saturated rings. The van der Waals surface area contributed by atoms with Crippen molar-refractivity contribution in [2.75, 3.05) is 45.4 Å². The minimum absolute atomic E-state index is 0.198. The first-order valence-corrected chi connectivity index (χ1v) is 11.1. The van der Waals surface area contributed by atoms with Crippen LogP contribution in [0.5, 0.6) is 5.75 Å². The molecule has 0 unspecified atom stereocenters. The van der Waals surface area contributed by atoms with E-state index in [0.29, 0.717) is 42.7 Å². The Morgan fingerprint density at radius 1 is 1.30 bits per heavy atom. The third-order valence-corrected chi connectivity index (χ3v) is 5.99. The highest BCUT2D eigenvalue weighted by Crippen LogP contribution is 2.21. The molecule has 1 aromatic heterocycles. The summed E-state index contributed by atoms with van der Waals surface area (Å²) in [7, 11) is -0.380. The second kappa shape index (κ2) is 9.41. The van der Waals surface area contributed by atoms with E-state index in [9.17, 15) is 13.2 Å². The number of carbonyl (C=O) groups excluding carboxylic acids is 1. The number of nitrogens with one attached hydrogen (secondary N) is 1. The van der Waals surface area contributed by atoms with Crippen LogP contribution in [0.25, 0.3) is 0 Å². The Morgan fingerprint density at radius 3 is 2.60 bits per heavy atom. The number of sulfonamides is 1. The molecule has 2 amide bonds. The van der Waals surface area contributed by atoms with Gasteiger partial charge >= 0.3 is 6.03 Å². The van der Waals surface area contributed by atoms with Gasteiger partial charge in [-0.2, -0.15) is 9.29 Å². The molecule has 1 saturated heterocycles. The zero-order valence-corrected chi connectivity index (χ0v) is 17.9. The largest absolute Gasteiger partial charge is 0.497 e. The second-order valence-electron chi connectivity index (χ2n) is 6.88. The molecule has 0 aliphatic carbocycles. The number of hydrogen-bond acceptors (Lipinski definition) is 8. The lowest BCUT2D eigenvalue weighted by Crippen LogP contribution is -2.63. The van der Waals surface area contributed by atoms with Crippen molar-refractivity contribution in [2.45, 2.75) is 19.1 Å². The number of carbonyl (C=O) groups is 1. The first kappa shape index (κ1) is 22.0. The maximum absolute atomic E-state index is 12.4. The molecule has 0 bridgehead atoms. The molecule has 30 heavy (non-hydrogen) atoms. The van der Waals surface area contributed by atoms with Gasteiger partial charge in [-0.3, -0.25) is 0 Å². The van der Waals surface area contributed by atoms with E-state index >= 15 is 0 Å². The first-order chi connectivity index (χ1) is 14.3. The van der Waals surface area contributed by atoms with Gasteiger partial charge in [-0.25, -0.2) is 13.2 Å².